The van der Waals surface area contributed by atoms with Crippen LogP contribution < -0.4 is 15.4 Å². The maximum Gasteiger partial charge on any atom is 0.234 e. The molecule has 0 spiro atoms. The zero-order valence-electron chi connectivity index (χ0n) is 18.4. The Hall–Kier alpha value is -3.78. The molecule has 0 unspecified atom stereocenters. The van der Waals surface area contributed by atoms with Crippen LogP contribution in [0.5, 0.6) is 5.75 Å². The first-order valence-electron chi connectivity index (χ1n) is 10.5. The lowest BCUT2D eigenvalue weighted by Gasteiger charge is -2.11. The number of anilines is 2. The van der Waals surface area contributed by atoms with E-state index in [0.717, 1.165) is 27.6 Å². The van der Waals surface area contributed by atoms with Crippen molar-refractivity contribution in [3.05, 3.63) is 72.8 Å². The molecule has 4 aromatic rings. The monoisotopic (exact) mass is 460 g/mol. The summed E-state index contributed by atoms with van der Waals surface area (Å²) in [6.45, 7) is 4.00. The van der Waals surface area contributed by atoms with Crippen molar-refractivity contribution in [3.63, 3.8) is 0 Å². The van der Waals surface area contributed by atoms with Crippen LogP contribution >= 0.6 is 11.8 Å². The molecule has 4 rings (SSSR count). The zero-order chi connectivity index (χ0) is 23.2. The molecular weight excluding hydrogens is 436 g/mol. The predicted octanol–water partition coefficient (Wildman–Crippen LogP) is 5.11. The molecule has 8 heteroatoms. The van der Waals surface area contributed by atoms with E-state index in [9.17, 15) is 9.59 Å². The summed E-state index contributed by atoms with van der Waals surface area (Å²) in [5.41, 5.74) is 4.01. The number of nitrogens with zero attached hydrogens (tertiary/aromatic N) is 2. The summed E-state index contributed by atoms with van der Waals surface area (Å²) in [6, 6.07) is 22.8. The highest BCUT2D eigenvalue weighted by atomic mass is 32.2. The summed E-state index contributed by atoms with van der Waals surface area (Å²) < 4.78 is 7.60. The molecule has 0 fully saturated rings. The van der Waals surface area contributed by atoms with E-state index in [-0.39, 0.29) is 17.6 Å². The number of fused-ring (bicyclic) bond motifs is 1. The van der Waals surface area contributed by atoms with E-state index in [4.69, 9.17) is 9.72 Å². The van der Waals surface area contributed by atoms with Gasteiger partial charge in [-0.1, -0.05) is 30.0 Å². The number of para-hydroxylation sites is 2. The van der Waals surface area contributed by atoms with Gasteiger partial charge in [0.1, 0.15) is 5.75 Å². The molecule has 0 aliphatic carbocycles. The van der Waals surface area contributed by atoms with Crippen molar-refractivity contribution < 1.29 is 14.3 Å². The largest absolute Gasteiger partial charge is 0.494 e. The van der Waals surface area contributed by atoms with Crippen LogP contribution in [0, 0.1) is 0 Å². The maximum atomic E-state index is 12.6. The van der Waals surface area contributed by atoms with Crippen LogP contribution in [-0.4, -0.2) is 33.7 Å². The molecule has 1 heterocycles. The van der Waals surface area contributed by atoms with Crippen molar-refractivity contribution in [2.75, 3.05) is 23.0 Å². The molecule has 1 aromatic heterocycles. The Morgan fingerprint density at radius 1 is 0.970 bits per heavy atom. The van der Waals surface area contributed by atoms with Gasteiger partial charge in [-0.05, 0) is 61.5 Å². The second kappa shape index (κ2) is 10.2. The van der Waals surface area contributed by atoms with Crippen LogP contribution in [0.4, 0.5) is 11.4 Å². The van der Waals surface area contributed by atoms with E-state index in [0.29, 0.717) is 18.0 Å². The smallest absolute Gasteiger partial charge is 0.234 e. The quantitative estimate of drug-likeness (QED) is 0.357. The number of thioether (sulfide) groups is 1. The highest BCUT2D eigenvalue weighted by molar-refractivity contribution is 7.99. The molecule has 3 aromatic carbocycles. The highest BCUT2D eigenvalue weighted by Crippen LogP contribution is 2.29. The Balaban J connectivity index is 1.52. The summed E-state index contributed by atoms with van der Waals surface area (Å²) in [7, 11) is 0. The van der Waals surface area contributed by atoms with Gasteiger partial charge in [-0.3, -0.25) is 14.2 Å². The zero-order valence-corrected chi connectivity index (χ0v) is 19.2. The van der Waals surface area contributed by atoms with Crippen molar-refractivity contribution >= 4 is 46.0 Å². The number of amides is 2. The molecule has 0 radical (unpaired) electrons. The van der Waals surface area contributed by atoms with E-state index in [1.165, 1.54) is 18.7 Å². The van der Waals surface area contributed by atoms with Gasteiger partial charge in [0.05, 0.1) is 23.4 Å². The number of imidazole rings is 1. The Morgan fingerprint density at radius 3 is 2.42 bits per heavy atom. The van der Waals surface area contributed by atoms with Gasteiger partial charge in [-0.2, -0.15) is 0 Å². The van der Waals surface area contributed by atoms with E-state index in [1.54, 1.807) is 24.3 Å². The number of aromatic nitrogens is 2. The molecule has 2 amide bonds. The van der Waals surface area contributed by atoms with Crippen molar-refractivity contribution in [3.8, 4) is 11.4 Å². The van der Waals surface area contributed by atoms with Crippen LogP contribution in [0.3, 0.4) is 0 Å². The fraction of sp³-hybridized carbons (Fsp3) is 0.160. The lowest BCUT2D eigenvalue weighted by atomic mass is 10.2. The lowest BCUT2D eigenvalue weighted by Crippen LogP contribution is -2.15. The van der Waals surface area contributed by atoms with Crippen LogP contribution in [0.1, 0.15) is 13.8 Å². The normalized spacial score (nSPS) is 10.7. The summed E-state index contributed by atoms with van der Waals surface area (Å²) in [5.74, 6) is 0.665. The fourth-order valence-corrected chi connectivity index (χ4v) is 4.24. The average Bonchev–Trinajstić information content (AvgIpc) is 3.17. The van der Waals surface area contributed by atoms with Gasteiger partial charge >= 0.3 is 0 Å². The summed E-state index contributed by atoms with van der Waals surface area (Å²) in [5, 5.41) is 6.31. The molecule has 168 valence electrons. The molecule has 7 nitrogen and oxygen atoms in total. The standard InChI is InChI=1S/C25H24N4O3S/c1-3-32-21-13-11-20(12-14-21)29-23-10-5-4-9-22(23)28-25(29)33-16-24(31)27-19-8-6-7-18(15-19)26-17(2)30/h4-15H,3,16H2,1-2H3,(H,26,30)(H,27,31). The van der Waals surface area contributed by atoms with Gasteiger partial charge in [-0.15, -0.1) is 0 Å². The van der Waals surface area contributed by atoms with Gasteiger partial charge in [0, 0.05) is 24.0 Å². The van der Waals surface area contributed by atoms with Gasteiger partial charge < -0.3 is 15.4 Å². The van der Waals surface area contributed by atoms with Crippen molar-refractivity contribution in [1.29, 1.82) is 0 Å². The third-order valence-electron chi connectivity index (χ3n) is 4.73. The minimum atomic E-state index is -0.165. The molecule has 0 aliphatic rings. The van der Waals surface area contributed by atoms with Crippen molar-refractivity contribution in [2.45, 2.75) is 19.0 Å². The average molecular weight is 461 g/mol. The Morgan fingerprint density at radius 2 is 1.70 bits per heavy atom. The van der Waals surface area contributed by atoms with Gasteiger partial charge in [0.15, 0.2) is 5.16 Å². The molecule has 0 aliphatic heterocycles. The molecular formula is C25H24N4O3S. The topological polar surface area (TPSA) is 85.2 Å². The fourth-order valence-electron chi connectivity index (χ4n) is 3.41. The number of ether oxygens (including phenoxy) is 1. The molecule has 0 atom stereocenters. The molecule has 33 heavy (non-hydrogen) atoms. The lowest BCUT2D eigenvalue weighted by molar-refractivity contribution is -0.114. The second-order valence-electron chi connectivity index (χ2n) is 7.24. The van der Waals surface area contributed by atoms with Gasteiger partial charge in [0.25, 0.3) is 0 Å². The molecule has 0 saturated heterocycles. The third kappa shape index (κ3) is 5.53. The van der Waals surface area contributed by atoms with Crippen LogP contribution in [0.15, 0.2) is 78.0 Å². The van der Waals surface area contributed by atoms with Gasteiger partial charge in [0.2, 0.25) is 11.8 Å². The molecule has 2 N–H and O–H groups in total. The minimum absolute atomic E-state index is 0.162. The first-order chi connectivity index (χ1) is 16.0. The Labute approximate surface area is 196 Å². The number of rotatable bonds is 8. The minimum Gasteiger partial charge on any atom is -0.494 e. The molecule has 0 saturated carbocycles. The first kappa shape index (κ1) is 22.4. The van der Waals surface area contributed by atoms with E-state index >= 15 is 0 Å². The number of carbonyl (C=O) groups is 2. The van der Waals surface area contributed by atoms with E-state index in [1.807, 2.05) is 60.0 Å². The number of hydrogen-bond donors (Lipinski definition) is 2. The molecule has 0 bridgehead atoms. The van der Waals surface area contributed by atoms with Gasteiger partial charge in [-0.25, -0.2) is 4.98 Å². The SMILES string of the molecule is CCOc1ccc(-n2c(SCC(=O)Nc3cccc(NC(C)=O)c3)nc3ccccc32)cc1. The number of hydrogen-bond acceptors (Lipinski definition) is 5. The number of carbonyl (C=O) groups excluding carboxylic acids is 2. The second-order valence-corrected chi connectivity index (χ2v) is 8.19. The number of benzene rings is 3. The van der Waals surface area contributed by atoms with Crippen molar-refractivity contribution in [1.82, 2.24) is 9.55 Å². The third-order valence-corrected chi connectivity index (χ3v) is 5.67. The first-order valence-corrected chi connectivity index (χ1v) is 11.5. The van der Waals surface area contributed by atoms with Crippen LogP contribution in [0.25, 0.3) is 16.7 Å². The summed E-state index contributed by atoms with van der Waals surface area (Å²) in [6.07, 6.45) is 0. The van der Waals surface area contributed by atoms with Crippen LogP contribution in [-0.2, 0) is 9.59 Å². The van der Waals surface area contributed by atoms with Crippen molar-refractivity contribution in [2.24, 2.45) is 0 Å². The maximum absolute atomic E-state index is 12.6. The van der Waals surface area contributed by atoms with E-state index in [2.05, 4.69) is 10.6 Å². The Kier molecular flexibility index (Phi) is 6.95. The summed E-state index contributed by atoms with van der Waals surface area (Å²) in [4.78, 5) is 28.6. The van der Waals surface area contributed by atoms with E-state index < -0.39 is 0 Å². The summed E-state index contributed by atoms with van der Waals surface area (Å²) >= 11 is 1.36. The predicted molar refractivity (Wildman–Crippen MR) is 132 cm³/mol. The highest BCUT2D eigenvalue weighted by Gasteiger charge is 2.15. The number of nitrogens with one attached hydrogen (secondary N) is 2. The van der Waals surface area contributed by atoms with Crippen LogP contribution in [0.2, 0.25) is 0 Å². The Bertz CT molecular complexity index is 1280.